The van der Waals surface area contributed by atoms with Crippen LogP contribution in [0.2, 0.25) is 0 Å². The highest BCUT2D eigenvalue weighted by atomic mass is 32.2. The Balaban J connectivity index is 1.05. The minimum atomic E-state index is 1.10. The molecule has 0 atom stereocenters. The van der Waals surface area contributed by atoms with Crippen molar-refractivity contribution in [1.29, 1.82) is 0 Å². The van der Waals surface area contributed by atoms with E-state index in [-0.39, 0.29) is 0 Å². The summed E-state index contributed by atoms with van der Waals surface area (Å²) < 4.78 is 2.19. The lowest BCUT2D eigenvalue weighted by Gasteiger charge is -2.08. The first-order valence-corrected chi connectivity index (χ1v) is 34.4. The first-order valence-electron chi connectivity index (χ1n) is 26.2. The normalized spacial score (nSPS) is 11.8. The van der Waals surface area contributed by atoms with Gasteiger partial charge in [-0.15, -0.1) is 127 Å². The third kappa shape index (κ3) is 12.2. The van der Waals surface area contributed by atoms with Crippen LogP contribution in [0.25, 0.3) is 78.0 Å². The van der Waals surface area contributed by atoms with Gasteiger partial charge >= 0.3 is 0 Å². The number of hydrogen-bond donors (Lipinski definition) is 2. The predicted octanol–water partition coefficient (Wildman–Crippen LogP) is 24.2. The molecule has 0 saturated heterocycles. The summed E-state index contributed by atoms with van der Waals surface area (Å²) in [5.74, 6) is 0. The van der Waals surface area contributed by atoms with Crippen LogP contribution < -0.4 is 0 Å². The van der Waals surface area contributed by atoms with E-state index in [0.29, 0.717) is 0 Å². The molecule has 0 spiro atoms. The van der Waals surface area contributed by atoms with E-state index >= 15 is 0 Å². The highest BCUT2D eigenvalue weighted by Gasteiger charge is 2.26. The summed E-state index contributed by atoms with van der Waals surface area (Å²) >= 11 is 27.3. The van der Waals surface area contributed by atoms with Gasteiger partial charge in [-0.2, -0.15) is 0 Å². The highest BCUT2D eigenvalue weighted by Crippen LogP contribution is 2.54. The summed E-state index contributed by atoms with van der Waals surface area (Å²) in [6.45, 7) is 14.0. The molecule has 0 fully saturated rings. The van der Waals surface area contributed by atoms with Crippen molar-refractivity contribution >= 4 is 127 Å². The molecule has 0 aliphatic heterocycles. The zero-order valence-electron chi connectivity index (χ0n) is 42.2. The van der Waals surface area contributed by atoms with Crippen molar-refractivity contribution < 1.29 is 0 Å². The second kappa shape index (κ2) is 25.7. The Labute approximate surface area is 472 Å². The van der Waals surface area contributed by atoms with Crippen molar-refractivity contribution in [2.24, 2.45) is 0 Å². The Morgan fingerprint density at radius 2 is 0.423 bits per heavy atom. The third-order valence-corrected chi connectivity index (χ3v) is 25.7. The van der Waals surface area contributed by atoms with Crippen LogP contribution in [-0.2, 0) is 38.5 Å². The minimum absolute atomic E-state index is 1.10. The van der Waals surface area contributed by atoms with Crippen molar-refractivity contribution in [1.82, 2.24) is 0 Å². The van der Waals surface area contributed by atoms with Crippen LogP contribution in [0.15, 0.2) is 81.2 Å². The molecule has 0 unspecified atom stereocenters. The fraction of sp³-hybridized carbons (Fsp3) is 0.400. The Kier molecular flexibility index (Phi) is 19.5. The standard InChI is InChI=1S/C60H68S11/c1-7-13-19-37-38(20-14-8-2)56(48-30-26-44(64-48)46-28-32-50(66-46)58-40(22-16-10-4)42(24-18-12-6)60(71-58)52-34-36-54(62)68-52)69-55(37)47-29-25-43(63-47)45-27-31-49(65-45)57-39(21-15-9-3)41(23-17-11-5)59(70-57)51-33-35-53(61)67-51/h25-36,61-62H,7-24H2,1-6H3. The molecule has 0 aliphatic rings. The quantitative estimate of drug-likeness (QED) is 0.0496. The van der Waals surface area contributed by atoms with Crippen LogP contribution >= 0.6 is 127 Å². The van der Waals surface area contributed by atoms with Crippen molar-refractivity contribution in [2.45, 2.75) is 166 Å². The van der Waals surface area contributed by atoms with E-state index in [1.54, 1.807) is 33.4 Å². The average molecular weight is 1140 g/mol. The summed E-state index contributed by atoms with van der Waals surface area (Å²) in [5.41, 5.74) is 9.61. The molecule has 9 heterocycles. The van der Waals surface area contributed by atoms with Crippen molar-refractivity contribution in [3.63, 3.8) is 0 Å². The summed E-state index contributed by atoms with van der Waals surface area (Å²) in [6.07, 6.45) is 21.6. The summed E-state index contributed by atoms with van der Waals surface area (Å²) in [4.78, 5) is 23.0. The van der Waals surface area contributed by atoms with Crippen molar-refractivity contribution in [2.75, 3.05) is 0 Å². The van der Waals surface area contributed by atoms with Crippen molar-refractivity contribution in [3.05, 3.63) is 106 Å². The van der Waals surface area contributed by atoms with E-state index in [2.05, 4.69) is 126 Å². The van der Waals surface area contributed by atoms with Crippen LogP contribution in [-0.4, -0.2) is 0 Å². The average Bonchev–Trinajstić information content (AvgIpc) is 4.22. The zero-order chi connectivity index (χ0) is 49.4. The molecule has 71 heavy (non-hydrogen) atoms. The van der Waals surface area contributed by atoms with Gasteiger partial charge in [0.05, 0.1) is 8.42 Å². The zero-order valence-corrected chi connectivity index (χ0v) is 51.4. The molecule has 0 radical (unpaired) electrons. The number of rotatable bonds is 26. The van der Waals surface area contributed by atoms with Crippen LogP contribution in [0.3, 0.4) is 0 Å². The van der Waals surface area contributed by atoms with E-state index in [0.717, 1.165) is 46.9 Å². The Hall–Kier alpha value is -2.00. The van der Waals surface area contributed by atoms with Gasteiger partial charge in [0.2, 0.25) is 0 Å². The smallest absolute Gasteiger partial charge is 0.0574 e. The van der Waals surface area contributed by atoms with Gasteiger partial charge in [-0.25, -0.2) is 0 Å². The third-order valence-electron chi connectivity index (χ3n) is 13.5. The maximum absolute atomic E-state index is 4.74. The maximum atomic E-state index is 4.74. The lowest BCUT2D eigenvalue weighted by Crippen LogP contribution is -1.94. The van der Waals surface area contributed by atoms with Crippen LogP contribution in [0.1, 0.15) is 152 Å². The van der Waals surface area contributed by atoms with E-state index in [4.69, 9.17) is 25.3 Å². The first kappa shape index (κ1) is 53.8. The lowest BCUT2D eigenvalue weighted by atomic mass is 9.97. The van der Waals surface area contributed by atoms with Gasteiger partial charge in [0.15, 0.2) is 0 Å². The van der Waals surface area contributed by atoms with Gasteiger partial charge in [0.25, 0.3) is 0 Å². The molecule has 374 valence electrons. The van der Waals surface area contributed by atoms with Gasteiger partial charge in [0.1, 0.15) is 0 Å². The molecule has 0 aromatic carbocycles. The van der Waals surface area contributed by atoms with E-state index in [1.807, 2.05) is 90.7 Å². The highest BCUT2D eigenvalue weighted by molar-refractivity contribution is 7.83. The van der Waals surface area contributed by atoms with E-state index in [1.165, 1.54) is 155 Å². The molecule has 0 saturated carbocycles. The molecular formula is C60H68S11. The van der Waals surface area contributed by atoms with E-state index < -0.39 is 0 Å². The predicted molar refractivity (Wildman–Crippen MR) is 337 cm³/mol. The monoisotopic (exact) mass is 1140 g/mol. The first-order chi connectivity index (χ1) is 34.8. The van der Waals surface area contributed by atoms with Gasteiger partial charge < -0.3 is 0 Å². The van der Waals surface area contributed by atoms with Gasteiger partial charge in [-0.1, -0.05) is 80.1 Å². The lowest BCUT2D eigenvalue weighted by molar-refractivity contribution is 0.764. The fourth-order valence-corrected chi connectivity index (χ4v) is 21.1. The molecule has 0 bridgehead atoms. The minimum Gasteiger partial charge on any atom is -0.134 e. The SMILES string of the molecule is CCCCc1c(-c2ccc(S)s2)sc(-c2ccc(-c3ccc(-c4sc(-c5ccc(-c6ccc(-c7sc(-c8ccc(S)s8)c(CCCC)c7CCCC)s6)s5)c(CCCC)c4CCCC)s3)s2)c1CCCC. The topological polar surface area (TPSA) is 0 Å². The summed E-state index contributed by atoms with van der Waals surface area (Å²) in [7, 11) is 0. The molecule has 0 N–H and O–H groups in total. The molecular weight excluding hydrogens is 1070 g/mol. The van der Waals surface area contributed by atoms with Crippen LogP contribution in [0.5, 0.6) is 0 Å². The summed E-state index contributed by atoms with van der Waals surface area (Å²) in [6, 6.07) is 28.3. The molecule has 0 amide bonds. The number of thiol groups is 2. The second-order valence-corrected chi connectivity index (χ2v) is 29.8. The number of unbranched alkanes of at least 4 members (excludes halogenated alkanes) is 6. The maximum Gasteiger partial charge on any atom is 0.0574 e. The molecule has 0 aliphatic carbocycles. The van der Waals surface area contributed by atoms with E-state index in [9.17, 15) is 0 Å². The van der Waals surface area contributed by atoms with Crippen LogP contribution in [0.4, 0.5) is 0 Å². The molecule has 0 nitrogen and oxygen atoms in total. The number of thiophene rings is 9. The summed E-state index contributed by atoms with van der Waals surface area (Å²) in [5, 5.41) is 0. The van der Waals surface area contributed by atoms with Crippen LogP contribution in [0, 0.1) is 0 Å². The van der Waals surface area contributed by atoms with Gasteiger partial charge in [0, 0.05) is 78.0 Å². The molecule has 9 rings (SSSR count). The Bertz CT molecular complexity index is 2910. The molecule has 11 heteroatoms. The van der Waals surface area contributed by atoms with Gasteiger partial charge in [-0.05, 0) is 183 Å². The molecule has 9 aromatic heterocycles. The number of hydrogen-bond acceptors (Lipinski definition) is 11. The molecule has 9 aromatic rings. The van der Waals surface area contributed by atoms with Crippen molar-refractivity contribution in [3.8, 4) is 78.0 Å². The Morgan fingerprint density at radius 1 is 0.239 bits per heavy atom. The fourth-order valence-electron chi connectivity index (χ4n) is 9.67. The Morgan fingerprint density at radius 3 is 0.606 bits per heavy atom. The second-order valence-electron chi connectivity index (χ2n) is 18.7. The van der Waals surface area contributed by atoms with Gasteiger partial charge in [-0.3, -0.25) is 0 Å². The largest absolute Gasteiger partial charge is 0.134 e.